The Hall–Kier alpha value is -3.03. The number of halogens is 1. The molecule has 3 aromatic carbocycles. The van der Waals surface area contributed by atoms with Crippen molar-refractivity contribution in [1.29, 1.82) is 0 Å². The van der Waals surface area contributed by atoms with Gasteiger partial charge >= 0.3 is 0 Å². The van der Waals surface area contributed by atoms with Gasteiger partial charge in [-0.05, 0) is 65.7 Å². The zero-order chi connectivity index (χ0) is 23.6. The number of rotatable bonds is 6. The third-order valence-corrected chi connectivity index (χ3v) is 6.50. The zero-order valence-corrected chi connectivity index (χ0v) is 20.7. The summed E-state index contributed by atoms with van der Waals surface area (Å²) in [5.41, 5.74) is 10.6. The third kappa shape index (κ3) is 4.99. The molecule has 0 atom stereocenters. The first-order chi connectivity index (χ1) is 15.8. The number of hydrogen-bond donors (Lipinski definition) is 3. The molecule has 3 aromatic rings. The minimum absolute atomic E-state index is 0.0536. The Morgan fingerprint density at radius 3 is 2.64 bits per heavy atom. The highest BCUT2D eigenvalue weighted by Gasteiger charge is 2.27. The van der Waals surface area contributed by atoms with Crippen LogP contribution in [0, 0.1) is 0 Å². The number of hydrogen-bond acceptors (Lipinski definition) is 5. The molecule has 6 nitrogen and oxygen atoms in total. The van der Waals surface area contributed by atoms with Crippen molar-refractivity contribution in [2.75, 3.05) is 37.0 Å². The number of methoxy groups -OCH3 is 1. The SMILES string of the molecule is COc1ccccc1Nc1c(C(N)=O)cccc1-c1ccc(N2CCNC(C)(C)C2)c(Br)c1. The van der Waals surface area contributed by atoms with Crippen LogP contribution in [0.25, 0.3) is 11.1 Å². The van der Waals surface area contributed by atoms with Crippen LogP contribution < -0.4 is 26.0 Å². The summed E-state index contributed by atoms with van der Waals surface area (Å²) in [4.78, 5) is 14.7. The predicted molar refractivity (Wildman–Crippen MR) is 139 cm³/mol. The predicted octanol–water partition coefficient (Wildman–Crippen LogP) is 5.16. The van der Waals surface area contributed by atoms with Crippen LogP contribution >= 0.6 is 15.9 Å². The van der Waals surface area contributed by atoms with E-state index in [-0.39, 0.29) is 5.54 Å². The van der Waals surface area contributed by atoms with Gasteiger partial charge in [-0.1, -0.05) is 30.3 Å². The molecule has 0 spiro atoms. The monoisotopic (exact) mass is 508 g/mol. The number of amides is 1. The fourth-order valence-electron chi connectivity index (χ4n) is 4.29. The van der Waals surface area contributed by atoms with E-state index in [1.165, 1.54) is 0 Å². The number of nitrogens with zero attached hydrogens (tertiary/aromatic N) is 1. The molecular formula is C26H29BrN4O2. The molecule has 0 unspecified atom stereocenters. The highest BCUT2D eigenvalue weighted by Crippen LogP contribution is 2.39. The molecule has 1 saturated heterocycles. The number of nitrogens with two attached hydrogens (primary N) is 1. The van der Waals surface area contributed by atoms with Crippen molar-refractivity contribution in [1.82, 2.24) is 5.32 Å². The van der Waals surface area contributed by atoms with Crippen molar-refractivity contribution in [2.24, 2.45) is 5.73 Å². The smallest absolute Gasteiger partial charge is 0.250 e. The van der Waals surface area contributed by atoms with Crippen LogP contribution in [-0.4, -0.2) is 38.2 Å². The molecule has 0 aliphatic carbocycles. The minimum Gasteiger partial charge on any atom is -0.495 e. The summed E-state index contributed by atoms with van der Waals surface area (Å²) in [5, 5.41) is 6.94. The van der Waals surface area contributed by atoms with Gasteiger partial charge in [-0.15, -0.1) is 0 Å². The van der Waals surface area contributed by atoms with Crippen molar-refractivity contribution in [2.45, 2.75) is 19.4 Å². The molecule has 1 aliphatic heterocycles. The normalized spacial score (nSPS) is 15.2. The van der Waals surface area contributed by atoms with E-state index >= 15 is 0 Å². The van der Waals surface area contributed by atoms with Gasteiger partial charge in [0.05, 0.1) is 29.7 Å². The van der Waals surface area contributed by atoms with Gasteiger partial charge in [0, 0.05) is 35.2 Å². The molecule has 0 saturated carbocycles. The molecule has 0 bridgehead atoms. The van der Waals surface area contributed by atoms with Crippen LogP contribution in [0.1, 0.15) is 24.2 Å². The zero-order valence-electron chi connectivity index (χ0n) is 19.1. The van der Waals surface area contributed by atoms with Crippen LogP contribution in [-0.2, 0) is 0 Å². The summed E-state index contributed by atoms with van der Waals surface area (Å²) in [5.74, 6) is 0.188. The fraction of sp³-hybridized carbons (Fsp3) is 0.269. The number of ether oxygens (including phenoxy) is 1. The van der Waals surface area contributed by atoms with Gasteiger partial charge in [-0.3, -0.25) is 4.79 Å². The number of primary amides is 1. The van der Waals surface area contributed by atoms with Gasteiger partial charge in [0.15, 0.2) is 0 Å². The molecule has 0 aromatic heterocycles. The topological polar surface area (TPSA) is 79.6 Å². The van der Waals surface area contributed by atoms with Gasteiger partial charge in [0.25, 0.3) is 5.91 Å². The second-order valence-electron chi connectivity index (χ2n) is 8.82. The lowest BCUT2D eigenvalue weighted by molar-refractivity contribution is 0.100. The van der Waals surface area contributed by atoms with E-state index < -0.39 is 5.91 Å². The average Bonchev–Trinajstić information content (AvgIpc) is 2.78. The summed E-state index contributed by atoms with van der Waals surface area (Å²) in [6, 6.07) is 19.5. The summed E-state index contributed by atoms with van der Waals surface area (Å²) < 4.78 is 6.49. The molecule has 1 aliphatic rings. The lowest BCUT2D eigenvalue weighted by Crippen LogP contribution is -2.57. The highest BCUT2D eigenvalue weighted by atomic mass is 79.9. The molecule has 0 radical (unpaired) electrons. The van der Waals surface area contributed by atoms with Crippen LogP contribution in [0.2, 0.25) is 0 Å². The second kappa shape index (κ2) is 9.45. The molecule has 1 heterocycles. The lowest BCUT2D eigenvalue weighted by atomic mass is 9.98. The van der Waals surface area contributed by atoms with Crippen molar-refractivity contribution in [3.63, 3.8) is 0 Å². The van der Waals surface area contributed by atoms with Crippen LogP contribution in [0.5, 0.6) is 5.75 Å². The van der Waals surface area contributed by atoms with E-state index in [1.54, 1.807) is 13.2 Å². The maximum Gasteiger partial charge on any atom is 0.250 e. The minimum atomic E-state index is -0.493. The van der Waals surface area contributed by atoms with Crippen molar-refractivity contribution >= 4 is 38.9 Å². The van der Waals surface area contributed by atoms with Crippen molar-refractivity contribution < 1.29 is 9.53 Å². The number of carbonyl (C=O) groups excluding carboxylic acids is 1. The van der Waals surface area contributed by atoms with Crippen molar-refractivity contribution in [3.8, 4) is 16.9 Å². The first-order valence-electron chi connectivity index (χ1n) is 10.9. The number of nitrogens with one attached hydrogen (secondary N) is 2. The lowest BCUT2D eigenvalue weighted by Gasteiger charge is -2.40. The van der Waals surface area contributed by atoms with E-state index in [0.29, 0.717) is 17.0 Å². The molecule has 172 valence electrons. The maximum atomic E-state index is 12.3. The van der Waals surface area contributed by atoms with Gasteiger partial charge in [-0.2, -0.15) is 0 Å². The molecule has 4 rings (SSSR count). The summed E-state index contributed by atoms with van der Waals surface area (Å²) in [6.45, 7) is 7.23. The maximum absolute atomic E-state index is 12.3. The Labute approximate surface area is 203 Å². The van der Waals surface area contributed by atoms with Gasteiger partial charge in [0.1, 0.15) is 5.75 Å². The van der Waals surface area contributed by atoms with E-state index in [0.717, 1.165) is 46.6 Å². The Morgan fingerprint density at radius 2 is 1.94 bits per heavy atom. The van der Waals surface area contributed by atoms with E-state index in [2.05, 4.69) is 63.5 Å². The quantitative estimate of drug-likeness (QED) is 0.428. The van der Waals surface area contributed by atoms with Crippen molar-refractivity contribution in [3.05, 3.63) is 70.7 Å². The molecule has 1 fully saturated rings. The number of para-hydroxylation sites is 3. The van der Waals surface area contributed by atoms with Gasteiger partial charge in [0.2, 0.25) is 0 Å². The Bertz CT molecular complexity index is 1180. The first-order valence-corrected chi connectivity index (χ1v) is 11.7. The third-order valence-electron chi connectivity index (χ3n) is 5.87. The second-order valence-corrected chi connectivity index (χ2v) is 9.67. The van der Waals surface area contributed by atoms with Crippen LogP contribution in [0.15, 0.2) is 65.1 Å². The summed E-state index contributed by atoms with van der Waals surface area (Å²) in [6.07, 6.45) is 0. The molecule has 1 amide bonds. The Morgan fingerprint density at radius 1 is 1.15 bits per heavy atom. The van der Waals surface area contributed by atoms with Gasteiger partial charge in [-0.25, -0.2) is 0 Å². The summed E-state index contributed by atoms with van der Waals surface area (Å²) in [7, 11) is 1.62. The largest absolute Gasteiger partial charge is 0.495 e. The number of anilines is 3. The van der Waals surface area contributed by atoms with Crippen LogP contribution in [0.4, 0.5) is 17.1 Å². The van der Waals surface area contributed by atoms with E-state index in [4.69, 9.17) is 10.5 Å². The summed E-state index contributed by atoms with van der Waals surface area (Å²) >= 11 is 3.79. The van der Waals surface area contributed by atoms with E-state index in [1.807, 2.05) is 36.4 Å². The van der Waals surface area contributed by atoms with Crippen LogP contribution in [0.3, 0.4) is 0 Å². The van der Waals surface area contributed by atoms with E-state index in [9.17, 15) is 4.79 Å². The number of piperazine rings is 1. The van der Waals surface area contributed by atoms with Gasteiger partial charge < -0.3 is 26.0 Å². The number of carbonyl (C=O) groups is 1. The fourth-order valence-corrected chi connectivity index (χ4v) is 4.92. The Kier molecular flexibility index (Phi) is 6.63. The number of benzene rings is 3. The molecule has 7 heteroatoms. The first kappa shape index (κ1) is 23.1. The Balaban J connectivity index is 1.75. The molecule has 33 heavy (non-hydrogen) atoms. The highest BCUT2D eigenvalue weighted by molar-refractivity contribution is 9.10. The standard InChI is InChI=1S/C26H29BrN4O2/c1-26(2)16-31(14-13-29-26)22-12-11-17(15-20(22)27)18-7-6-8-19(25(28)32)24(18)30-21-9-4-5-10-23(21)33-3/h4-12,15,29-30H,13-14,16H2,1-3H3,(H2,28,32). The molecule has 4 N–H and O–H groups in total. The average molecular weight is 509 g/mol. The molecular weight excluding hydrogens is 480 g/mol.